The Morgan fingerprint density at radius 3 is 2.33 bits per heavy atom. The first kappa shape index (κ1) is 17.3. The minimum Gasteiger partial charge on any atom is -0.496 e. The van der Waals surface area contributed by atoms with Crippen LogP contribution in [0.2, 0.25) is 0 Å². The van der Waals surface area contributed by atoms with Crippen molar-refractivity contribution in [3.63, 3.8) is 0 Å². The van der Waals surface area contributed by atoms with Gasteiger partial charge in [0.2, 0.25) is 0 Å². The van der Waals surface area contributed by atoms with Gasteiger partial charge in [0, 0.05) is 23.4 Å². The van der Waals surface area contributed by atoms with Crippen LogP contribution in [0.25, 0.3) is 32.7 Å². The highest BCUT2D eigenvalue weighted by Gasteiger charge is 2.15. The predicted octanol–water partition coefficient (Wildman–Crippen LogP) is 6.50. The van der Waals surface area contributed by atoms with Crippen molar-refractivity contribution in [1.82, 2.24) is 0 Å². The van der Waals surface area contributed by atoms with Crippen LogP contribution in [0.1, 0.15) is 19.4 Å². The molecule has 0 aliphatic carbocycles. The maximum Gasteiger partial charge on any atom is 0.127 e. The number of methoxy groups -OCH3 is 1. The number of benzene rings is 4. The molecule has 0 saturated heterocycles. The third-order valence-corrected chi connectivity index (χ3v) is 4.83. The monoisotopic (exact) mass is 353 g/mol. The molecule has 2 nitrogen and oxygen atoms in total. The molecule has 0 unspecified atom stereocenters. The Balaban J connectivity index is 2.10. The fourth-order valence-corrected chi connectivity index (χ4v) is 3.61. The summed E-state index contributed by atoms with van der Waals surface area (Å²) >= 11 is 0. The summed E-state index contributed by atoms with van der Waals surface area (Å²) in [5.41, 5.74) is 3.44. The molecule has 0 radical (unpaired) electrons. The minimum atomic E-state index is 0.263. The SMILES string of the molecule is COc1ccc2ccccc2c1-c1cccc2cccc(C=NC(C)C)c12. The van der Waals surface area contributed by atoms with Crippen LogP contribution in [0.3, 0.4) is 0 Å². The maximum absolute atomic E-state index is 5.76. The third-order valence-electron chi connectivity index (χ3n) is 4.83. The second-order valence-corrected chi connectivity index (χ2v) is 6.99. The third kappa shape index (κ3) is 3.19. The van der Waals surface area contributed by atoms with E-state index in [0.29, 0.717) is 0 Å². The second-order valence-electron chi connectivity index (χ2n) is 6.99. The highest BCUT2D eigenvalue weighted by molar-refractivity contribution is 6.12. The van der Waals surface area contributed by atoms with Crippen molar-refractivity contribution in [2.45, 2.75) is 19.9 Å². The Bertz CT molecular complexity index is 1140. The number of nitrogens with zero attached hydrogens (tertiary/aromatic N) is 1. The smallest absolute Gasteiger partial charge is 0.127 e. The van der Waals surface area contributed by atoms with Crippen molar-refractivity contribution >= 4 is 27.8 Å². The average Bonchev–Trinajstić information content (AvgIpc) is 2.70. The van der Waals surface area contributed by atoms with Crippen molar-refractivity contribution in [3.05, 3.63) is 78.4 Å². The fraction of sp³-hybridized carbons (Fsp3) is 0.160. The highest BCUT2D eigenvalue weighted by Crippen LogP contribution is 2.41. The summed E-state index contributed by atoms with van der Waals surface area (Å²) in [6, 6.07) is 25.7. The van der Waals surface area contributed by atoms with Crippen LogP contribution in [-0.4, -0.2) is 19.4 Å². The van der Waals surface area contributed by atoms with Crippen LogP contribution >= 0.6 is 0 Å². The number of aliphatic imine (C=N–C) groups is 1. The lowest BCUT2D eigenvalue weighted by atomic mass is 9.91. The molecule has 0 heterocycles. The molecule has 2 heteroatoms. The predicted molar refractivity (Wildman–Crippen MR) is 116 cm³/mol. The lowest BCUT2D eigenvalue weighted by molar-refractivity contribution is 0.417. The molecule has 0 aromatic heterocycles. The topological polar surface area (TPSA) is 21.6 Å². The summed E-state index contributed by atoms with van der Waals surface area (Å²) < 4.78 is 5.76. The standard InChI is InChI=1S/C25H23NO/c1-17(2)26-16-20-11-6-9-19-10-7-13-22(24(19)20)25-21-12-5-4-8-18(21)14-15-23(25)27-3/h4-17H,1-3H3. The molecule has 4 aromatic rings. The zero-order chi connectivity index (χ0) is 18.8. The average molecular weight is 353 g/mol. The normalized spacial score (nSPS) is 11.7. The first-order valence-electron chi connectivity index (χ1n) is 9.30. The van der Waals surface area contributed by atoms with E-state index in [1.165, 1.54) is 27.1 Å². The van der Waals surface area contributed by atoms with Gasteiger partial charge in [-0.25, -0.2) is 0 Å². The van der Waals surface area contributed by atoms with Crippen molar-refractivity contribution in [2.75, 3.05) is 7.11 Å². The minimum absolute atomic E-state index is 0.263. The molecule has 0 spiro atoms. The maximum atomic E-state index is 5.76. The lowest BCUT2D eigenvalue weighted by Crippen LogP contribution is -1.95. The Hall–Kier alpha value is -3.13. The Morgan fingerprint density at radius 2 is 1.56 bits per heavy atom. The van der Waals surface area contributed by atoms with Crippen LogP contribution in [0, 0.1) is 0 Å². The first-order valence-corrected chi connectivity index (χ1v) is 9.30. The van der Waals surface area contributed by atoms with Crippen LogP contribution in [0.15, 0.2) is 77.8 Å². The molecule has 4 aromatic carbocycles. The van der Waals surface area contributed by atoms with E-state index in [4.69, 9.17) is 4.74 Å². The van der Waals surface area contributed by atoms with Gasteiger partial charge in [0.1, 0.15) is 5.75 Å². The van der Waals surface area contributed by atoms with E-state index >= 15 is 0 Å². The number of hydrogen-bond donors (Lipinski definition) is 0. The molecule has 0 fully saturated rings. The number of ether oxygens (including phenoxy) is 1. The van der Waals surface area contributed by atoms with Crippen LogP contribution in [0.4, 0.5) is 0 Å². The van der Waals surface area contributed by atoms with Gasteiger partial charge in [0.05, 0.1) is 7.11 Å². The molecule has 0 bridgehead atoms. The molecule has 0 aliphatic heterocycles. The van der Waals surface area contributed by atoms with Gasteiger partial charge in [-0.1, -0.05) is 66.7 Å². The van der Waals surface area contributed by atoms with E-state index in [-0.39, 0.29) is 6.04 Å². The van der Waals surface area contributed by atoms with Gasteiger partial charge in [-0.05, 0) is 47.0 Å². The highest BCUT2D eigenvalue weighted by atomic mass is 16.5. The zero-order valence-electron chi connectivity index (χ0n) is 15.9. The van der Waals surface area contributed by atoms with Gasteiger partial charge < -0.3 is 4.74 Å². The molecule has 134 valence electrons. The summed E-state index contributed by atoms with van der Waals surface area (Å²) in [7, 11) is 1.74. The van der Waals surface area contributed by atoms with E-state index in [9.17, 15) is 0 Å². The molecule has 0 amide bonds. The van der Waals surface area contributed by atoms with Gasteiger partial charge >= 0.3 is 0 Å². The second kappa shape index (κ2) is 7.24. The van der Waals surface area contributed by atoms with Crippen LogP contribution < -0.4 is 4.74 Å². The number of rotatable bonds is 4. The Kier molecular flexibility index (Phi) is 4.64. The summed E-state index contributed by atoms with van der Waals surface area (Å²) in [5.74, 6) is 0.886. The molecule has 0 atom stereocenters. The first-order chi connectivity index (χ1) is 13.2. The van der Waals surface area contributed by atoms with E-state index in [1.807, 2.05) is 6.21 Å². The summed E-state index contributed by atoms with van der Waals surface area (Å²) in [4.78, 5) is 4.63. The lowest BCUT2D eigenvalue weighted by Gasteiger charge is -2.16. The van der Waals surface area contributed by atoms with Gasteiger partial charge in [-0.2, -0.15) is 0 Å². The Labute approximate surface area is 160 Å². The number of hydrogen-bond acceptors (Lipinski definition) is 2. The molecule has 0 aliphatic rings. The van der Waals surface area contributed by atoms with Crippen LogP contribution in [-0.2, 0) is 0 Å². The van der Waals surface area contributed by atoms with Gasteiger partial charge in [0.15, 0.2) is 0 Å². The fourth-order valence-electron chi connectivity index (χ4n) is 3.61. The van der Waals surface area contributed by atoms with Gasteiger partial charge in [-0.15, -0.1) is 0 Å². The molecular formula is C25H23NO. The summed E-state index contributed by atoms with van der Waals surface area (Å²) in [6.07, 6.45) is 1.99. The van der Waals surface area contributed by atoms with E-state index in [0.717, 1.165) is 16.9 Å². The Morgan fingerprint density at radius 1 is 0.815 bits per heavy atom. The number of fused-ring (bicyclic) bond motifs is 2. The summed E-state index contributed by atoms with van der Waals surface area (Å²) in [5, 5.41) is 4.81. The largest absolute Gasteiger partial charge is 0.496 e. The molecular weight excluding hydrogens is 330 g/mol. The zero-order valence-corrected chi connectivity index (χ0v) is 15.9. The van der Waals surface area contributed by atoms with Crippen molar-refractivity contribution in [1.29, 1.82) is 0 Å². The molecule has 0 N–H and O–H groups in total. The van der Waals surface area contributed by atoms with Crippen molar-refractivity contribution in [3.8, 4) is 16.9 Å². The van der Waals surface area contributed by atoms with Crippen molar-refractivity contribution < 1.29 is 4.74 Å². The van der Waals surface area contributed by atoms with Gasteiger partial charge in [-0.3, -0.25) is 4.99 Å². The molecule has 0 saturated carbocycles. The summed E-state index contributed by atoms with van der Waals surface area (Å²) in [6.45, 7) is 4.19. The molecule has 27 heavy (non-hydrogen) atoms. The van der Waals surface area contributed by atoms with E-state index in [1.54, 1.807) is 7.11 Å². The van der Waals surface area contributed by atoms with E-state index in [2.05, 4.69) is 91.6 Å². The quantitative estimate of drug-likeness (QED) is 0.384. The molecule has 4 rings (SSSR count). The van der Waals surface area contributed by atoms with E-state index < -0.39 is 0 Å². The van der Waals surface area contributed by atoms with Gasteiger partial charge in [0.25, 0.3) is 0 Å². The van der Waals surface area contributed by atoms with Crippen molar-refractivity contribution in [2.24, 2.45) is 4.99 Å². The van der Waals surface area contributed by atoms with Crippen LogP contribution in [0.5, 0.6) is 5.75 Å².